The van der Waals surface area contributed by atoms with Crippen molar-refractivity contribution in [3.8, 4) is 34.6 Å². The maximum Gasteiger partial charge on any atom is 0.189 e. The van der Waals surface area contributed by atoms with E-state index in [4.69, 9.17) is 14.2 Å². The molecule has 0 atom stereocenters. The molecule has 0 bridgehead atoms. The first-order chi connectivity index (χ1) is 15.6. The largest absolute Gasteiger partial charge is 0.494 e. The second-order valence-corrected chi connectivity index (χ2v) is 7.59. The molecule has 8 heteroatoms. The lowest BCUT2D eigenvalue weighted by molar-refractivity contribution is 0.309. The molecule has 0 spiro atoms. The number of methoxy groups -OCH3 is 2. The van der Waals surface area contributed by atoms with Gasteiger partial charge in [0.05, 0.1) is 26.5 Å². The van der Waals surface area contributed by atoms with Crippen LogP contribution in [0, 0.1) is 11.3 Å². The number of benzene rings is 2. The first-order valence-corrected chi connectivity index (χ1v) is 11.4. The van der Waals surface area contributed by atoms with E-state index in [1.807, 2.05) is 36.6 Å². The zero-order chi connectivity index (χ0) is 22.9. The third kappa shape index (κ3) is 5.42. The summed E-state index contributed by atoms with van der Waals surface area (Å²) < 4.78 is 16.5. The second kappa shape index (κ2) is 11.3. The Hall–Kier alpha value is -3.44. The van der Waals surface area contributed by atoms with Gasteiger partial charge in [-0.3, -0.25) is 0 Å². The summed E-state index contributed by atoms with van der Waals surface area (Å²) in [4.78, 5) is 9.13. The highest BCUT2D eigenvalue weighted by Crippen LogP contribution is 2.35. The molecule has 1 N–H and O–H groups in total. The predicted octanol–water partition coefficient (Wildman–Crippen LogP) is 5.68. The highest BCUT2D eigenvalue weighted by Gasteiger charge is 2.18. The van der Waals surface area contributed by atoms with Gasteiger partial charge in [0.15, 0.2) is 22.5 Å². The lowest BCUT2D eigenvalue weighted by Gasteiger charge is -2.14. The minimum atomic E-state index is 0.346. The Bertz CT molecular complexity index is 1100. The molecule has 0 fully saturated rings. The van der Waals surface area contributed by atoms with Crippen LogP contribution in [0.5, 0.6) is 17.2 Å². The molecule has 0 aliphatic carbocycles. The molecule has 7 nitrogen and oxygen atoms in total. The number of thioether (sulfide) groups is 1. The van der Waals surface area contributed by atoms with E-state index < -0.39 is 0 Å². The van der Waals surface area contributed by atoms with Crippen molar-refractivity contribution in [3.63, 3.8) is 0 Å². The maximum absolute atomic E-state index is 9.94. The first kappa shape index (κ1) is 23.2. The molecule has 3 aromatic rings. The van der Waals surface area contributed by atoms with Crippen molar-refractivity contribution in [1.29, 1.82) is 5.26 Å². The highest BCUT2D eigenvalue weighted by molar-refractivity contribution is 7.98. The summed E-state index contributed by atoms with van der Waals surface area (Å²) in [6.45, 7) is 2.82. The first-order valence-electron chi connectivity index (χ1n) is 10.2. The van der Waals surface area contributed by atoms with Crippen LogP contribution in [0.15, 0.2) is 47.6 Å². The van der Waals surface area contributed by atoms with Crippen LogP contribution in [0.4, 0.5) is 11.5 Å². The molecule has 1 aromatic heterocycles. The van der Waals surface area contributed by atoms with Gasteiger partial charge in [-0.05, 0) is 55.1 Å². The van der Waals surface area contributed by atoms with E-state index in [1.54, 1.807) is 26.4 Å². The number of nitriles is 1. The van der Waals surface area contributed by atoms with Crippen LogP contribution in [0.1, 0.15) is 25.3 Å². The van der Waals surface area contributed by atoms with Crippen molar-refractivity contribution < 1.29 is 14.2 Å². The summed E-state index contributed by atoms with van der Waals surface area (Å²) in [5.74, 6) is 2.42. The summed E-state index contributed by atoms with van der Waals surface area (Å²) in [7, 11) is 3.15. The fraction of sp³-hybridized carbons (Fsp3) is 0.292. The number of nitrogens with zero attached hydrogens (tertiary/aromatic N) is 3. The molecule has 0 amide bonds. The lowest BCUT2D eigenvalue weighted by atomic mass is 10.1. The van der Waals surface area contributed by atoms with Crippen LogP contribution in [-0.4, -0.2) is 37.1 Å². The number of nitrogens with one attached hydrogen (secondary N) is 1. The van der Waals surface area contributed by atoms with Gasteiger partial charge >= 0.3 is 0 Å². The number of aromatic nitrogens is 2. The highest BCUT2D eigenvalue weighted by atomic mass is 32.2. The quantitative estimate of drug-likeness (QED) is 0.240. The van der Waals surface area contributed by atoms with Crippen molar-refractivity contribution >= 4 is 23.3 Å². The van der Waals surface area contributed by atoms with E-state index in [2.05, 4.69) is 28.3 Å². The summed E-state index contributed by atoms with van der Waals surface area (Å²) in [6, 6.07) is 15.3. The lowest BCUT2D eigenvalue weighted by Crippen LogP contribution is -2.04. The summed E-state index contributed by atoms with van der Waals surface area (Å²) in [5, 5.41) is 13.7. The molecule has 0 saturated heterocycles. The Kier molecular flexibility index (Phi) is 8.17. The topological polar surface area (TPSA) is 89.3 Å². The van der Waals surface area contributed by atoms with Crippen molar-refractivity contribution in [2.24, 2.45) is 0 Å². The minimum absolute atomic E-state index is 0.346. The van der Waals surface area contributed by atoms with E-state index >= 15 is 0 Å². The Morgan fingerprint density at radius 3 is 2.41 bits per heavy atom. The Morgan fingerprint density at radius 1 is 1.03 bits per heavy atom. The standard InChI is InChI=1S/C24H26N4O3S/c1-5-6-13-31-18-10-8-17(9-11-18)26-23-19(15-25)22(27-24(28-23)32-4)16-7-12-20(29-2)21(14-16)30-3/h7-12,14H,5-6,13H2,1-4H3,(H,26,27,28). The molecule has 0 saturated carbocycles. The van der Waals surface area contributed by atoms with Gasteiger partial charge in [-0.1, -0.05) is 25.1 Å². The van der Waals surface area contributed by atoms with Crippen LogP contribution in [-0.2, 0) is 0 Å². The zero-order valence-electron chi connectivity index (χ0n) is 18.6. The number of ether oxygens (including phenoxy) is 3. The van der Waals surface area contributed by atoms with Crippen LogP contribution in [0.25, 0.3) is 11.3 Å². The SMILES string of the molecule is CCCCOc1ccc(Nc2nc(SC)nc(-c3ccc(OC)c(OC)c3)c2C#N)cc1. The average Bonchev–Trinajstić information content (AvgIpc) is 2.84. The molecule has 0 radical (unpaired) electrons. The molecule has 3 rings (SSSR count). The van der Waals surface area contributed by atoms with Gasteiger partial charge in [0.2, 0.25) is 0 Å². The summed E-state index contributed by atoms with van der Waals surface area (Å²) >= 11 is 1.41. The third-order valence-corrected chi connectivity index (χ3v) is 5.27. The number of anilines is 2. The number of hydrogen-bond donors (Lipinski definition) is 1. The molecule has 0 aliphatic rings. The van der Waals surface area contributed by atoms with Gasteiger partial charge in [-0.25, -0.2) is 9.97 Å². The third-order valence-electron chi connectivity index (χ3n) is 4.72. The number of hydrogen-bond acceptors (Lipinski definition) is 8. The molecule has 166 valence electrons. The summed E-state index contributed by atoms with van der Waals surface area (Å²) in [6.07, 6.45) is 4.00. The van der Waals surface area contributed by atoms with Crippen LogP contribution >= 0.6 is 11.8 Å². The van der Waals surface area contributed by atoms with Gasteiger partial charge in [-0.15, -0.1) is 0 Å². The Labute approximate surface area is 192 Å². The number of rotatable bonds is 10. The van der Waals surface area contributed by atoms with E-state index in [-0.39, 0.29) is 0 Å². The zero-order valence-corrected chi connectivity index (χ0v) is 19.5. The van der Waals surface area contributed by atoms with Crippen molar-refractivity contribution in [3.05, 3.63) is 48.0 Å². The van der Waals surface area contributed by atoms with E-state index in [9.17, 15) is 5.26 Å². The second-order valence-electron chi connectivity index (χ2n) is 6.82. The van der Waals surface area contributed by atoms with E-state index in [0.717, 1.165) is 29.8 Å². The van der Waals surface area contributed by atoms with Crippen molar-refractivity contribution in [2.75, 3.05) is 32.4 Å². The van der Waals surface area contributed by atoms with Gasteiger partial charge in [0.25, 0.3) is 0 Å². The van der Waals surface area contributed by atoms with E-state index in [0.29, 0.717) is 40.3 Å². The molecular formula is C24H26N4O3S. The fourth-order valence-electron chi connectivity index (χ4n) is 3.03. The van der Waals surface area contributed by atoms with Gasteiger partial charge in [0, 0.05) is 11.3 Å². The fourth-order valence-corrected chi connectivity index (χ4v) is 3.39. The molecule has 2 aromatic carbocycles. The van der Waals surface area contributed by atoms with Gasteiger partial charge < -0.3 is 19.5 Å². The van der Waals surface area contributed by atoms with Crippen LogP contribution < -0.4 is 19.5 Å². The summed E-state index contributed by atoms with van der Waals surface area (Å²) in [5.41, 5.74) is 2.40. The Morgan fingerprint density at radius 2 is 1.78 bits per heavy atom. The van der Waals surface area contributed by atoms with E-state index in [1.165, 1.54) is 11.8 Å². The molecule has 0 aliphatic heterocycles. The maximum atomic E-state index is 9.94. The van der Waals surface area contributed by atoms with Crippen molar-refractivity contribution in [1.82, 2.24) is 9.97 Å². The normalized spacial score (nSPS) is 10.3. The monoisotopic (exact) mass is 450 g/mol. The molecule has 32 heavy (non-hydrogen) atoms. The molecular weight excluding hydrogens is 424 g/mol. The molecule has 0 unspecified atom stereocenters. The van der Waals surface area contributed by atoms with Crippen LogP contribution in [0.3, 0.4) is 0 Å². The van der Waals surface area contributed by atoms with Gasteiger partial charge in [0.1, 0.15) is 17.4 Å². The smallest absolute Gasteiger partial charge is 0.189 e. The Balaban J connectivity index is 1.96. The number of unbranched alkanes of at least 4 members (excludes halogenated alkanes) is 1. The average molecular weight is 451 g/mol. The predicted molar refractivity (Wildman–Crippen MR) is 127 cm³/mol. The minimum Gasteiger partial charge on any atom is -0.494 e. The van der Waals surface area contributed by atoms with Crippen LogP contribution in [0.2, 0.25) is 0 Å². The molecule has 1 heterocycles. The van der Waals surface area contributed by atoms with Crippen molar-refractivity contribution in [2.45, 2.75) is 24.9 Å². The van der Waals surface area contributed by atoms with Gasteiger partial charge in [-0.2, -0.15) is 5.26 Å².